The van der Waals surface area contributed by atoms with Crippen molar-refractivity contribution in [2.24, 2.45) is 0 Å². The van der Waals surface area contributed by atoms with Gasteiger partial charge in [-0.05, 0) is 32.6 Å². The quantitative estimate of drug-likeness (QED) is 0.574. The molecular weight excluding hydrogens is 164 g/mol. The lowest BCUT2D eigenvalue weighted by Gasteiger charge is -2.10. The van der Waals surface area contributed by atoms with E-state index in [-0.39, 0.29) is 12.2 Å². The summed E-state index contributed by atoms with van der Waals surface area (Å²) in [7, 11) is 0. The lowest BCUT2D eigenvalue weighted by Crippen LogP contribution is -2.08. The predicted molar refractivity (Wildman–Crippen MR) is 55.7 cm³/mol. The largest absolute Gasteiger partial charge is 0.393 e. The molecule has 0 aliphatic rings. The molecule has 0 aliphatic carbocycles. The van der Waals surface area contributed by atoms with E-state index < -0.39 is 0 Å². The molecule has 2 atom stereocenters. The van der Waals surface area contributed by atoms with Crippen LogP contribution in [0.4, 0.5) is 0 Å². The molecule has 2 heteroatoms. The summed E-state index contributed by atoms with van der Waals surface area (Å²) in [6, 6.07) is 0. The van der Waals surface area contributed by atoms with Gasteiger partial charge < -0.3 is 10.2 Å². The van der Waals surface area contributed by atoms with Crippen molar-refractivity contribution >= 4 is 0 Å². The van der Waals surface area contributed by atoms with E-state index >= 15 is 0 Å². The average molecular weight is 188 g/mol. The molecule has 0 rings (SSSR count). The smallest absolute Gasteiger partial charge is 0.0540 e. The van der Waals surface area contributed by atoms with Gasteiger partial charge in [0.05, 0.1) is 12.2 Å². The van der Waals surface area contributed by atoms with Crippen LogP contribution in [0.25, 0.3) is 0 Å². The lowest BCUT2D eigenvalue weighted by molar-refractivity contribution is 0.133. The molecule has 0 aromatic heterocycles. The Bertz CT molecular complexity index is 102. The first-order valence-electron chi connectivity index (χ1n) is 5.53. The zero-order chi connectivity index (χ0) is 10.1. The van der Waals surface area contributed by atoms with Gasteiger partial charge in [0.25, 0.3) is 0 Å². The second kappa shape index (κ2) is 8.52. The fraction of sp³-hybridized carbons (Fsp3) is 1.00. The van der Waals surface area contributed by atoms with E-state index in [9.17, 15) is 5.11 Å². The number of hydrogen-bond donors (Lipinski definition) is 2. The van der Waals surface area contributed by atoms with Crippen molar-refractivity contribution in [2.75, 3.05) is 0 Å². The molecule has 0 radical (unpaired) electrons. The zero-order valence-electron chi connectivity index (χ0n) is 9.00. The molecule has 0 fully saturated rings. The van der Waals surface area contributed by atoms with Crippen LogP contribution in [-0.4, -0.2) is 22.4 Å². The molecule has 0 aromatic carbocycles. The summed E-state index contributed by atoms with van der Waals surface area (Å²) in [6.07, 6.45) is 6.70. The van der Waals surface area contributed by atoms with Crippen LogP contribution in [-0.2, 0) is 0 Å². The van der Waals surface area contributed by atoms with Gasteiger partial charge in [-0.15, -0.1) is 0 Å². The van der Waals surface area contributed by atoms with Crippen LogP contribution in [0.2, 0.25) is 0 Å². The van der Waals surface area contributed by atoms with Crippen LogP contribution in [0.3, 0.4) is 0 Å². The summed E-state index contributed by atoms with van der Waals surface area (Å²) in [5.41, 5.74) is 0. The summed E-state index contributed by atoms with van der Waals surface area (Å²) in [6.45, 7) is 3.96. The molecule has 2 N–H and O–H groups in total. The van der Waals surface area contributed by atoms with E-state index in [2.05, 4.69) is 6.92 Å². The Balaban J connectivity index is 3.15. The monoisotopic (exact) mass is 188 g/mol. The molecule has 80 valence electrons. The summed E-state index contributed by atoms with van der Waals surface area (Å²) < 4.78 is 0. The van der Waals surface area contributed by atoms with Crippen molar-refractivity contribution in [3.63, 3.8) is 0 Å². The Kier molecular flexibility index (Phi) is 8.46. The second-order valence-electron chi connectivity index (χ2n) is 3.93. The van der Waals surface area contributed by atoms with Crippen LogP contribution >= 0.6 is 0 Å². The average Bonchev–Trinajstić information content (AvgIpc) is 2.04. The second-order valence-corrected chi connectivity index (χ2v) is 3.93. The molecule has 2 nitrogen and oxygen atoms in total. The molecule has 0 heterocycles. The third kappa shape index (κ3) is 9.84. The van der Waals surface area contributed by atoms with Crippen LogP contribution in [0.15, 0.2) is 0 Å². The van der Waals surface area contributed by atoms with Crippen molar-refractivity contribution in [3.05, 3.63) is 0 Å². The number of rotatable bonds is 8. The maximum Gasteiger partial charge on any atom is 0.0540 e. The van der Waals surface area contributed by atoms with E-state index in [1.807, 2.05) is 0 Å². The maximum atomic E-state index is 9.51. The highest BCUT2D eigenvalue weighted by Gasteiger charge is 2.04. The fourth-order valence-corrected chi connectivity index (χ4v) is 1.42. The minimum absolute atomic E-state index is 0.148. The van der Waals surface area contributed by atoms with Gasteiger partial charge in [-0.3, -0.25) is 0 Å². The highest BCUT2D eigenvalue weighted by atomic mass is 16.3. The lowest BCUT2D eigenvalue weighted by atomic mass is 10.0. The third-order valence-electron chi connectivity index (χ3n) is 2.30. The fourth-order valence-electron chi connectivity index (χ4n) is 1.42. The topological polar surface area (TPSA) is 40.5 Å². The van der Waals surface area contributed by atoms with Gasteiger partial charge in [0.2, 0.25) is 0 Å². The van der Waals surface area contributed by atoms with E-state index in [4.69, 9.17) is 5.11 Å². The van der Waals surface area contributed by atoms with Crippen molar-refractivity contribution in [1.82, 2.24) is 0 Å². The molecule has 0 spiro atoms. The highest BCUT2D eigenvalue weighted by molar-refractivity contribution is 4.57. The van der Waals surface area contributed by atoms with Crippen LogP contribution in [0.5, 0.6) is 0 Å². The molecular formula is C11H24O2. The summed E-state index contributed by atoms with van der Waals surface area (Å²) in [5, 5.41) is 18.5. The Hall–Kier alpha value is -0.0800. The Labute approximate surface area is 82.0 Å². The van der Waals surface area contributed by atoms with E-state index in [0.717, 1.165) is 32.1 Å². The number of hydrogen-bond acceptors (Lipinski definition) is 2. The molecule has 0 saturated carbocycles. The number of aliphatic hydroxyl groups is 2. The first kappa shape index (κ1) is 12.9. The van der Waals surface area contributed by atoms with Gasteiger partial charge in [-0.2, -0.15) is 0 Å². The molecule has 0 aliphatic heterocycles. The molecule has 0 amide bonds. The Morgan fingerprint density at radius 1 is 0.923 bits per heavy atom. The SMILES string of the molecule is CCCCCC(O)CCCC(C)O. The standard InChI is InChI=1S/C11H24O2/c1-3-4-5-8-11(13)9-6-7-10(2)12/h10-13H,3-9H2,1-2H3. The normalized spacial score (nSPS) is 15.7. The molecule has 0 saturated heterocycles. The van der Waals surface area contributed by atoms with Gasteiger partial charge >= 0.3 is 0 Å². The highest BCUT2D eigenvalue weighted by Crippen LogP contribution is 2.10. The van der Waals surface area contributed by atoms with Gasteiger partial charge in [0, 0.05) is 0 Å². The minimum atomic E-state index is -0.220. The summed E-state index contributed by atoms with van der Waals surface area (Å²) in [5.74, 6) is 0. The third-order valence-corrected chi connectivity index (χ3v) is 2.30. The van der Waals surface area contributed by atoms with Crippen molar-refractivity contribution in [1.29, 1.82) is 0 Å². The Morgan fingerprint density at radius 3 is 2.08 bits per heavy atom. The Morgan fingerprint density at radius 2 is 1.54 bits per heavy atom. The van der Waals surface area contributed by atoms with Crippen molar-refractivity contribution < 1.29 is 10.2 Å². The first-order valence-corrected chi connectivity index (χ1v) is 5.53. The zero-order valence-corrected chi connectivity index (χ0v) is 9.00. The summed E-state index contributed by atoms with van der Waals surface area (Å²) >= 11 is 0. The molecule has 0 bridgehead atoms. The predicted octanol–water partition coefficient (Wildman–Crippen LogP) is 2.48. The van der Waals surface area contributed by atoms with Gasteiger partial charge in [0.1, 0.15) is 0 Å². The van der Waals surface area contributed by atoms with E-state index in [1.165, 1.54) is 12.8 Å². The van der Waals surface area contributed by atoms with Crippen LogP contribution in [0, 0.1) is 0 Å². The van der Waals surface area contributed by atoms with Crippen molar-refractivity contribution in [3.8, 4) is 0 Å². The van der Waals surface area contributed by atoms with Crippen LogP contribution in [0.1, 0.15) is 58.8 Å². The van der Waals surface area contributed by atoms with Gasteiger partial charge in [0.15, 0.2) is 0 Å². The summed E-state index contributed by atoms with van der Waals surface area (Å²) in [4.78, 5) is 0. The van der Waals surface area contributed by atoms with Gasteiger partial charge in [-0.1, -0.05) is 26.2 Å². The van der Waals surface area contributed by atoms with E-state index in [1.54, 1.807) is 6.92 Å². The molecule has 0 aromatic rings. The van der Waals surface area contributed by atoms with Gasteiger partial charge in [-0.25, -0.2) is 0 Å². The molecule has 2 unspecified atom stereocenters. The van der Waals surface area contributed by atoms with Crippen molar-refractivity contribution in [2.45, 2.75) is 71.0 Å². The maximum absolute atomic E-state index is 9.51. The van der Waals surface area contributed by atoms with Crippen LogP contribution < -0.4 is 0 Å². The first-order chi connectivity index (χ1) is 6.16. The number of aliphatic hydroxyl groups excluding tert-OH is 2. The number of unbranched alkanes of at least 4 members (excludes halogenated alkanes) is 2. The molecule has 13 heavy (non-hydrogen) atoms. The minimum Gasteiger partial charge on any atom is -0.393 e. The van der Waals surface area contributed by atoms with E-state index in [0.29, 0.717) is 0 Å².